The fourth-order valence-corrected chi connectivity index (χ4v) is 5.70. The van der Waals surface area contributed by atoms with Gasteiger partial charge >= 0.3 is 0 Å². The van der Waals surface area contributed by atoms with Crippen LogP contribution in [0.5, 0.6) is 0 Å². The molecule has 1 heterocycles. The smallest absolute Gasteiger partial charge is 0.264 e. The second-order valence-corrected chi connectivity index (χ2v) is 10.5. The van der Waals surface area contributed by atoms with E-state index in [-0.39, 0.29) is 22.4 Å². The van der Waals surface area contributed by atoms with Gasteiger partial charge in [-0.15, -0.1) is 0 Å². The molecule has 0 aromatic heterocycles. The third-order valence-corrected chi connectivity index (χ3v) is 7.86. The normalized spacial score (nSPS) is 15.4. The zero-order chi connectivity index (χ0) is 23.7. The first kappa shape index (κ1) is 22.2. The van der Waals surface area contributed by atoms with Crippen LogP contribution in [0.1, 0.15) is 45.5 Å². The molecule has 1 fully saturated rings. The number of para-hydroxylation sites is 1. The van der Waals surface area contributed by atoms with Gasteiger partial charge in [-0.05, 0) is 73.7 Å². The first-order chi connectivity index (χ1) is 16.4. The highest BCUT2D eigenvalue weighted by atomic mass is 32.2. The average molecular weight is 476 g/mol. The number of hydrogen-bond acceptors (Lipinski definition) is 4. The molecule has 0 atom stereocenters. The highest BCUT2D eigenvalue weighted by Gasteiger charge is 2.29. The number of sulfonamides is 1. The number of carbonyl (C=O) groups is 2. The van der Waals surface area contributed by atoms with E-state index in [9.17, 15) is 18.0 Å². The van der Waals surface area contributed by atoms with Crippen LogP contribution in [0, 0.1) is 0 Å². The summed E-state index contributed by atoms with van der Waals surface area (Å²) in [5.41, 5.74) is 2.83. The Morgan fingerprint density at radius 3 is 2.38 bits per heavy atom. The van der Waals surface area contributed by atoms with Gasteiger partial charge in [0.1, 0.15) is 0 Å². The number of nitrogens with one attached hydrogen (secondary N) is 2. The maximum atomic E-state index is 13.4. The molecule has 2 N–H and O–H groups in total. The number of rotatable bonds is 6. The van der Waals surface area contributed by atoms with Crippen LogP contribution in [0.4, 0.5) is 11.4 Å². The Bertz CT molecular complexity index is 1370. The molecule has 0 saturated heterocycles. The summed E-state index contributed by atoms with van der Waals surface area (Å²) in [7, 11) is -3.83. The average Bonchev–Trinajstić information content (AvgIpc) is 3.68. The van der Waals surface area contributed by atoms with Gasteiger partial charge < -0.3 is 10.6 Å². The minimum atomic E-state index is -3.83. The van der Waals surface area contributed by atoms with Crippen LogP contribution in [-0.2, 0) is 16.4 Å². The molecule has 0 spiro atoms. The summed E-state index contributed by atoms with van der Waals surface area (Å²) in [5, 5.41) is 5.69. The molecule has 1 saturated carbocycles. The number of nitrogens with zero attached hydrogens (tertiary/aromatic N) is 1. The number of hydrogen-bond donors (Lipinski definition) is 2. The fourth-order valence-electron chi connectivity index (χ4n) is 4.11. The standard InChI is InChI=1S/C26H25N3O4S/c30-25(27-21-13-14-21)19-7-3-10-22(16-19)28-26(31)20-8-4-11-23(17-20)34(32,33)29-15-5-9-18-6-1-2-12-24(18)29/h1-4,6-8,10-12,16-17,21H,5,9,13-15H2,(H,27,30)(H,28,31). The minimum Gasteiger partial charge on any atom is -0.349 e. The minimum absolute atomic E-state index is 0.0643. The second kappa shape index (κ2) is 8.95. The van der Waals surface area contributed by atoms with Crippen molar-refractivity contribution in [2.45, 2.75) is 36.6 Å². The highest BCUT2D eigenvalue weighted by molar-refractivity contribution is 7.92. The number of anilines is 2. The zero-order valence-corrected chi connectivity index (χ0v) is 19.3. The van der Waals surface area contributed by atoms with E-state index < -0.39 is 15.9 Å². The fraction of sp³-hybridized carbons (Fsp3) is 0.231. The summed E-state index contributed by atoms with van der Waals surface area (Å²) >= 11 is 0. The van der Waals surface area contributed by atoms with Crippen molar-refractivity contribution in [1.29, 1.82) is 0 Å². The van der Waals surface area contributed by atoms with E-state index in [0.717, 1.165) is 31.2 Å². The molecule has 8 heteroatoms. The first-order valence-corrected chi connectivity index (χ1v) is 12.8. The number of aryl methyl sites for hydroxylation is 1. The number of amides is 2. The Morgan fingerprint density at radius 1 is 0.853 bits per heavy atom. The third-order valence-electron chi connectivity index (χ3n) is 6.05. The lowest BCUT2D eigenvalue weighted by molar-refractivity contribution is 0.0949. The molecule has 174 valence electrons. The van der Waals surface area contributed by atoms with E-state index in [1.54, 1.807) is 36.4 Å². The van der Waals surface area contributed by atoms with Crippen LogP contribution in [0.2, 0.25) is 0 Å². The molecule has 1 aliphatic carbocycles. The summed E-state index contributed by atoms with van der Waals surface area (Å²) in [6.45, 7) is 0.394. The van der Waals surface area contributed by atoms with Crippen LogP contribution >= 0.6 is 0 Å². The maximum absolute atomic E-state index is 13.4. The van der Waals surface area contributed by atoms with Gasteiger partial charge in [0, 0.05) is 29.4 Å². The van der Waals surface area contributed by atoms with Gasteiger partial charge in [0.2, 0.25) is 0 Å². The van der Waals surface area contributed by atoms with Crippen molar-refractivity contribution in [2.75, 3.05) is 16.2 Å². The van der Waals surface area contributed by atoms with E-state index >= 15 is 0 Å². The lowest BCUT2D eigenvalue weighted by Crippen LogP contribution is -2.35. The predicted octanol–water partition coefficient (Wildman–Crippen LogP) is 3.97. The maximum Gasteiger partial charge on any atom is 0.264 e. The van der Waals surface area contributed by atoms with Crippen molar-refractivity contribution in [3.63, 3.8) is 0 Å². The lowest BCUT2D eigenvalue weighted by Gasteiger charge is -2.30. The molecule has 2 amide bonds. The molecule has 7 nitrogen and oxygen atoms in total. The van der Waals surface area contributed by atoms with Crippen LogP contribution in [0.25, 0.3) is 0 Å². The molecule has 1 aliphatic heterocycles. The van der Waals surface area contributed by atoms with Crippen molar-refractivity contribution >= 4 is 33.2 Å². The topological polar surface area (TPSA) is 95.6 Å². The van der Waals surface area contributed by atoms with Crippen molar-refractivity contribution in [3.8, 4) is 0 Å². The molecule has 0 bridgehead atoms. The van der Waals surface area contributed by atoms with Crippen molar-refractivity contribution < 1.29 is 18.0 Å². The number of fused-ring (bicyclic) bond motifs is 1. The van der Waals surface area contributed by atoms with Gasteiger partial charge in [0.05, 0.1) is 10.6 Å². The van der Waals surface area contributed by atoms with Crippen molar-refractivity contribution in [2.24, 2.45) is 0 Å². The van der Waals surface area contributed by atoms with E-state index in [0.29, 0.717) is 23.5 Å². The summed E-state index contributed by atoms with van der Waals surface area (Å²) in [6.07, 6.45) is 3.55. The van der Waals surface area contributed by atoms with Gasteiger partial charge in [-0.3, -0.25) is 13.9 Å². The molecule has 0 radical (unpaired) electrons. The van der Waals surface area contributed by atoms with E-state index in [1.165, 1.54) is 16.4 Å². The Labute approximate surface area is 198 Å². The van der Waals surface area contributed by atoms with Crippen molar-refractivity contribution in [1.82, 2.24) is 5.32 Å². The monoisotopic (exact) mass is 475 g/mol. The summed E-state index contributed by atoms with van der Waals surface area (Å²) < 4.78 is 28.3. The van der Waals surface area contributed by atoms with Gasteiger partial charge in [0.15, 0.2) is 0 Å². The highest BCUT2D eigenvalue weighted by Crippen LogP contribution is 2.32. The Balaban J connectivity index is 1.36. The van der Waals surface area contributed by atoms with Crippen LogP contribution in [0.15, 0.2) is 77.7 Å². The largest absolute Gasteiger partial charge is 0.349 e. The van der Waals surface area contributed by atoms with E-state index in [4.69, 9.17) is 0 Å². The van der Waals surface area contributed by atoms with Gasteiger partial charge in [-0.1, -0.05) is 30.3 Å². The quantitative estimate of drug-likeness (QED) is 0.564. The van der Waals surface area contributed by atoms with Crippen LogP contribution in [-0.4, -0.2) is 32.8 Å². The van der Waals surface area contributed by atoms with Crippen LogP contribution in [0.3, 0.4) is 0 Å². The second-order valence-electron chi connectivity index (χ2n) is 8.62. The molecule has 3 aromatic rings. The van der Waals surface area contributed by atoms with Gasteiger partial charge in [-0.25, -0.2) is 8.42 Å². The Morgan fingerprint density at radius 2 is 1.59 bits per heavy atom. The molecule has 2 aliphatic rings. The lowest BCUT2D eigenvalue weighted by atomic mass is 10.0. The SMILES string of the molecule is O=C(Nc1cccc(C(=O)NC2CC2)c1)c1cccc(S(=O)(=O)N2CCCc3ccccc32)c1. The predicted molar refractivity (Wildman–Crippen MR) is 131 cm³/mol. The summed E-state index contributed by atoms with van der Waals surface area (Å²) in [4.78, 5) is 25.3. The van der Waals surface area contributed by atoms with E-state index in [1.807, 2.05) is 24.3 Å². The zero-order valence-electron chi connectivity index (χ0n) is 18.5. The first-order valence-electron chi connectivity index (χ1n) is 11.3. The summed E-state index contributed by atoms with van der Waals surface area (Å²) in [6, 6.07) is 20.5. The molecule has 5 rings (SSSR count). The van der Waals surface area contributed by atoms with E-state index in [2.05, 4.69) is 10.6 Å². The Hall–Kier alpha value is -3.65. The molecule has 3 aromatic carbocycles. The summed E-state index contributed by atoms with van der Waals surface area (Å²) in [5.74, 6) is -0.621. The molecular weight excluding hydrogens is 450 g/mol. The Kier molecular flexibility index (Phi) is 5.83. The molecule has 0 unspecified atom stereocenters. The number of carbonyl (C=O) groups excluding carboxylic acids is 2. The third kappa shape index (κ3) is 4.54. The molecular formula is C26H25N3O4S. The van der Waals surface area contributed by atoms with Gasteiger partial charge in [-0.2, -0.15) is 0 Å². The number of benzene rings is 3. The molecule has 34 heavy (non-hydrogen) atoms. The van der Waals surface area contributed by atoms with Gasteiger partial charge in [0.25, 0.3) is 21.8 Å². The van der Waals surface area contributed by atoms with Crippen molar-refractivity contribution in [3.05, 3.63) is 89.5 Å². The van der Waals surface area contributed by atoms with Crippen LogP contribution < -0.4 is 14.9 Å².